The number of esters is 1. The largest absolute Gasteiger partial charge is 0.462 e. The van der Waals surface area contributed by atoms with Gasteiger partial charge in [0, 0.05) is 31.5 Å². The molecule has 0 fully saturated rings. The Bertz CT molecular complexity index is 853. The zero-order valence-electron chi connectivity index (χ0n) is 15.2. The molecule has 140 valence electrons. The maximum absolute atomic E-state index is 12.8. The Morgan fingerprint density at radius 3 is 2.93 bits per heavy atom. The van der Waals surface area contributed by atoms with Gasteiger partial charge in [-0.3, -0.25) is 4.90 Å². The van der Waals surface area contributed by atoms with Crippen LogP contribution in [0.15, 0.2) is 55.3 Å². The van der Waals surface area contributed by atoms with Crippen LogP contribution in [0.3, 0.4) is 0 Å². The minimum absolute atomic E-state index is 0.275. The fourth-order valence-electron chi connectivity index (χ4n) is 2.96. The van der Waals surface area contributed by atoms with E-state index in [1.54, 1.807) is 48.4 Å². The Hall–Kier alpha value is -3.35. The molecule has 0 atom stereocenters. The fraction of sp³-hybridized carbons (Fsp3) is 0.250. The fourth-order valence-corrected chi connectivity index (χ4v) is 2.96. The first-order valence-corrected chi connectivity index (χ1v) is 8.80. The molecule has 0 aliphatic carbocycles. The lowest BCUT2D eigenvalue weighted by molar-refractivity contribution is 0.0526. The third kappa shape index (κ3) is 4.08. The van der Waals surface area contributed by atoms with E-state index in [0.717, 1.165) is 11.5 Å². The van der Waals surface area contributed by atoms with Crippen LogP contribution in [0.2, 0.25) is 0 Å². The van der Waals surface area contributed by atoms with E-state index in [-0.39, 0.29) is 6.03 Å². The maximum atomic E-state index is 12.8. The second-order valence-electron chi connectivity index (χ2n) is 5.96. The number of anilines is 3. The van der Waals surface area contributed by atoms with Crippen LogP contribution in [0, 0.1) is 0 Å². The van der Waals surface area contributed by atoms with Gasteiger partial charge >= 0.3 is 12.0 Å². The molecular weight excluding hydrogens is 344 g/mol. The van der Waals surface area contributed by atoms with Gasteiger partial charge in [-0.2, -0.15) is 0 Å². The number of pyridine rings is 1. The van der Waals surface area contributed by atoms with Crippen LogP contribution in [0.5, 0.6) is 0 Å². The smallest absolute Gasteiger partial charge is 0.338 e. The lowest BCUT2D eigenvalue weighted by atomic mass is 10.2. The Morgan fingerprint density at radius 1 is 1.30 bits per heavy atom. The normalized spacial score (nSPS) is 12.9. The van der Waals surface area contributed by atoms with Gasteiger partial charge in [0.25, 0.3) is 0 Å². The molecule has 2 heterocycles. The first kappa shape index (κ1) is 18.4. The SMILES string of the molecule is C=CCN1CCN(C(=O)Nc2cccc(C(=O)OCC)c2)c2cccnc21. The molecule has 0 radical (unpaired) electrons. The van der Waals surface area contributed by atoms with Crippen molar-refractivity contribution in [2.75, 3.05) is 41.4 Å². The molecular formula is C20H22N4O3. The number of amides is 2. The van der Waals surface area contributed by atoms with E-state index >= 15 is 0 Å². The summed E-state index contributed by atoms with van der Waals surface area (Å²) in [5, 5.41) is 2.85. The van der Waals surface area contributed by atoms with E-state index in [4.69, 9.17) is 4.74 Å². The molecule has 1 aliphatic rings. The standard InChI is InChI=1S/C20H22N4O3/c1-3-11-23-12-13-24(17-9-6-10-21-18(17)23)20(26)22-16-8-5-7-15(14-16)19(25)27-4-2/h3,5-10,14H,1,4,11-13H2,2H3,(H,22,26). The topological polar surface area (TPSA) is 74.8 Å². The lowest BCUT2D eigenvalue weighted by Crippen LogP contribution is -2.46. The van der Waals surface area contributed by atoms with Gasteiger partial charge in [0.15, 0.2) is 5.82 Å². The predicted molar refractivity (Wildman–Crippen MR) is 105 cm³/mol. The predicted octanol–water partition coefficient (Wildman–Crippen LogP) is 3.30. The van der Waals surface area contributed by atoms with Gasteiger partial charge in [-0.05, 0) is 37.3 Å². The summed E-state index contributed by atoms with van der Waals surface area (Å²) in [5.74, 6) is 0.334. The number of urea groups is 1. The highest BCUT2D eigenvalue weighted by molar-refractivity contribution is 6.04. The molecule has 1 aromatic carbocycles. The van der Waals surface area contributed by atoms with Gasteiger partial charge in [0.1, 0.15) is 0 Å². The maximum Gasteiger partial charge on any atom is 0.338 e. The van der Waals surface area contributed by atoms with Crippen molar-refractivity contribution in [3.8, 4) is 0 Å². The minimum Gasteiger partial charge on any atom is -0.462 e. The molecule has 3 rings (SSSR count). The summed E-state index contributed by atoms with van der Waals surface area (Å²) >= 11 is 0. The van der Waals surface area contributed by atoms with Gasteiger partial charge in [0.05, 0.1) is 17.9 Å². The minimum atomic E-state index is -0.416. The molecule has 2 amide bonds. The lowest BCUT2D eigenvalue weighted by Gasteiger charge is -2.36. The second kappa shape index (κ2) is 8.35. The molecule has 0 saturated heterocycles. The van der Waals surface area contributed by atoms with Crippen LogP contribution in [0.4, 0.5) is 22.0 Å². The highest BCUT2D eigenvalue weighted by Gasteiger charge is 2.27. The average Bonchev–Trinajstić information content (AvgIpc) is 2.69. The summed E-state index contributed by atoms with van der Waals surface area (Å²) in [6.45, 7) is 7.67. The van der Waals surface area contributed by atoms with Crippen LogP contribution in [0.25, 0.3) is 0 Å². The summed E-state index contributed by atoms with van der Waals surface area (Å²) in [6, 6.07) is 10.1. The van der Waals surface area contributed by atoms with Crippen molar-refractivity contribution >= 4 is 29.2 Å². The van der Waals surface area contributed by atoms with Crippen LogP contribution in [-0.4, -0.2) is 43.2 Å². The molecule has 0 bridgehead atoms. The number of hydrogen-bond donors (Lipinski definition) is 1. The molecule has 27 heavy (non-hydrogen) atoms. The highest BCUT2D eigenvalue weighted by atomic mass is 16.5. The van der Waals surface area contributed by atoms with Gasteiger partial charge in [-0.25, -0.2) is 14.6 Å². The van der Waals surface area contributed by atoms with E-state index in [2.05, 4.69) is 21.8 Å². The van der Waals surface area contributed by atoms with Gasteiger partial charge in [-0.1, -0.05) is 12.1 Å². The monoisotopic (exact) mass is 366 g/mol. The van der Waals surface area contributed by atoms with E-state index in [1.165, 1.54) is 0 Å². The van der Waals surface area contributed by atoms with Crippen molar-refractivity contribution in [2.24, 2.45) is 0 Å². The number of benzene rings is 1. The Labute approximate surface area is 158 Å². The number of nitrogens with zero attached hydrogens (tertiary/aromatic N) is 3. The number of rotatable bonds is 5. The molecule has 7 nitrogen and oxygen atoms in total. The molecule has 0 unspecified atom stereocenters. The van der Waals surface area contributed by atoms with Gasteiger partial charge in [0.2, 0.25) is 0 Å². The van der Waals surface area contributed by atoms with E-state index in [0.29, 0.717) is 37.5 Å². The third-order valence-electron chi connectivity index (χ3n) is 4.17. The molecule has 1 N–H and O–H groups in total. The molecule has 1 aliphatic heterocycles. The highest BCUT2D eigenvalue weighted by Crippen LogP contribution is 2.31. The third-order valence-corrected chi connectivity index (χ3v) is 4.17. The summed E-state index contributed by atoms with van der Waals surface area (Å²) in [4.78, 5) is 32.9. The summed E-state index contributed by atoms with van der Waals surface area (Å²) in [6.07, 6.45) is 3.52. The van der Waals surface area contributed by atoms with Gasteiger partial charge in [-0.15, -0.1) is 6.58 Å². The van der Waals surface area contributed by atoms with E-state index in [1.807, 2.05) is 12.1 Å². The van der Waals surface area contributed by atoms with Crippen molar-refractivity contribution < 1.29 is 14.3 Å². The summed E-state index contributed by atoms with van der Waals surface area (Å²) in [7, 11) is 0. The Balaban J connectivity index is 1.79. The summed E-state index contributed by atoms with van der Waals surface area (Å²) in [5.41, 5.74) is 1.67. The van der Waals surface area contributed by atoms with Crippen molar-refractivity contribution in [3.63, 3.8) is 0 Å². The Kier molecular flexibility index (Phi) is 5.71. The number of hydrogen-bond acceptors (Lipinski definition) is 5. The molecule has 2 aromatic rings. The van der Waals surface area contributed by atoms with E-state index in [9.17, 15) is 9.59 Å². The number of ether oxygens (including phenoxy) is 1. The number of nitrogens with one attached hydrogen (secondary N) is 1. The van der Waals surface area contributed by atoms with Gasteiger partial charge < -0.3 is 15.0 Å². The van der Waals surface area contributed by atoms with Crippen molar-refractivity contribution in [3.05, 3.63) is 60.8 Å². The van der Waals surface area contributed by atoms with Crippen molar-refractivity contribution in [2.45, 2.75) is 6.92 Å². The zero-order chi connectivity index (χ0) is 19.2. The van der Waals surface area contributed by atoms with Crippen LogP contribution >= 0.6 is 0 Å². The van der Waals surface area contributed by atoms with Crippen LogP contribution in [-0.2, 0) is 4.74 Å². The second-order valence-corrected chi connectivity index (χ2v) is 5.96. The van der Waals surface area contributed by atoms with Crippen LogP contribution in [0.1, 0.15) is 17.3 Å². The first-order valence-electron chi connectivity index (χ1n) is 8.80. The van der Waals surface area contributed by atoms with E-state index < -0.39 is 5.97 Å². The number of carbonyl (C=O) groups is 2. The average molecular weight is 366 g/mol. The Morgan fingerprint density at radius 2 is 2.15 bits per heavy atom. The first-order chi connectivity index (χ1) is 13.1. The zero-order valence-corrected chi connectivity index (χ0v) is 15.2. The summed E-state index contributed by atoms with van der Waals surface area (Å²) < 4.78 is 5.00. The number of carbonyl (C=O) groups excluding carboxylic acids is 2. The molecule has 1 aromatic heterocycles. The van der Waals surface area contributed by atoms with Crippen LogP contribution < -0.4 is 15.1 Å². The molecule has 0 saturated carbocycles. The number of fused-ring (bicyclic) bond motifs is 1. The molecule has 7 heteroatoms. The van der Waals surface area contributed by atoms with Crippen molar-refractivity contribution in [1.82, 2.24) is 4.98 Å². The quantitative estimate of drug-likeness (QED) is 0.649. The van der Waals surface area contributed by atoms with Crippen molar-refractivity contribution in [1.29, 1.82) is 0 Å². The molecule has 0 spiro atoms. The number of aromatic nitrogens is 1.